The zero-order valence-electron chi connectivity index (χ0n) is 27.4. The predicted octanol–water partition coefficient (Wildman–Crippen LogP) is 7.54. The molecular weight excluding hydrogens is 632 g/mol. The minimum absolute atomic E-state index is 0.0288. The summed E-state index contributed by atoms with van der Waals surface area (Å²) in [7, 11) is 1.57. The second kappa shape index (κ2) is 13.8. The Balaban J connectivity index is 1.00. The fraction of sp³-hybridized carbons (Fsp3) is 0.351. The lowest BCUT2D eigenvalue weighted by Gasteiger charge is -2.30. The number of aromatic nitrogens is 3. The quantitative estimate of drug-likeness (QED) is 0.135. The lowest BCUT2D eigenvalue weighted by atomic mass is 9.99. The van der Waals surface area contributed by atoms with Crippen molar-refractivity contribution in [2.24, 2.45) is 5.92 Å². The average molecular weight is 670 g/mol. The number of rotatable bonds is 12. The molecule has 2 aromatic heterocycles. The highest BCUT2D eigenvalue weighted by Gasteiger charge is 2.56. The molecule has 1 saturated carbocycles. The lowest BCUT2D eigenvalue weighted by Crippen LogP contribution is -2.34. The number of likely N-dealkylation sites (tertiary alicyclic amines) is 1. The van der Waals surface area contributed by atoms with E-state index < -0.39 is 11.2 Å². The number of pyridine rings is 1. The summed E-state index contributed by atoms with van der Waals surface area (Å²) >= 11 is 0. The van der Waals surface area contributed by atoms with Gasteiger partial charge in [-0.15, -0.1) is 10.2 Å². The second-order valence-electron chi connectivity index (χ2n) is 12.8. The molecule has 3 aromatic carbocycles. The lowest BCUT2D eigenvalue weighted by molar-refractivity contribution is -0.119. The van der Waals surface area contributed by atoms with E-state index >= 15 is 4.39 Å². The van der Waals surface area contributed by atoms with Gasteiger partial charge in [-0.05, 0) is 99.6 Å². The Morgan fingerprint density at radius 2 is 1.78 bits per heavy atom. The Morgan fingerprint density at radius 1 is 0.980 bits per heavy atom. The number of nitrogens with one attached hydrogen (secondary N) is 1. The number of ether oxygens (including phenoxy) is 3. The number of piperidine rings is 1. The van der Waals surface area contributed by atoms with Crippen LogP contribution in [0.2, 0.25) is 0 Å². The summed E-state index contributed by atoms with van der Waals surface area (Å²) in [5.41, 5.74) is 0.385. The first kappa shape index (κ1) is 32.4. The van der Waals surface area contributed by atoms with Crippen molar-refractivity contribution < 1.29 is 32.2 Å². The van der Waals surface area contributed by atoms with Gasteiger partial charge in [-0.1, -0.05) is 6.92 Å². The molecule has 0 unspecified atom stereocenters. The number of benzene rings is 3. The third-order valence-corrected chi connectivity index (χ3v) is 9.26. The van der Waals surface area contributed by atoms with Crippen molar-refractivity contribution in [3.8, 4) is 34.5 Å². The van der Waals surface area contributed by atoms with Gasteiger partial charge in [0.2, 0.25) is 17.7 Å². The fourth-order valence-corrected chi connectivity index (χ4v) is 6.07. The van der Waals surface area contributed by atoms with Crippen LogP contribution in [0.25, 0.3) is 22.4 Å². The largest absolute Gasteiger partial charge is 0.493 e. The van der Waals surface area contributed by atoms with E-state index in [2.05, 4.69) is 32.3 Å². The van der Waals surface area contributed by atoms with E-state index in [1.54, 1.807) is 37.6 Å². The average Bonchev–Trinajstić information content (AvgIpc) is 3.78. The smallest absolute Gasteiger partial charge is 0.247 e. The van der Waals surface area contributed by atoms with E-state index in [1.807, 2.05) is 0 Å². The SMILES string of the molecule is COc1cc2c(Oc3ccc(NC(=O)C4(c5nnc(-c6ccc(F)cc6)o5)CC4)cc3F)ccnc2cc1OCCCN1CCC(C)CC1. The molecule has 2 fully saturated rings. The van der Waals surface area contributed by atoms with E-state index in [1.165, 1.54) is 49.2 Å². The molecule has 3 heterocycles. The number of hydrogen-bond donors (Lipinski definition) is 1. The van der Waals surface area contributed by atoms with Crippen LogP contribution in [0.5, 0.6) is 23.0 Å². The van der Waals surface area contributed by atoms with Gasteiger partial charge >= 0.3 is 0 Å². The zero-order valence-corrected chi connectivity index (χ0v) is 27.4. The summed E-state index contributed by atoms with van der Waals surface area (Å²) < 4.78 is 52.2. The van der Waals surface area contributed by atoms with Crippen molar-refractivity contribution in [2.45, 2.75) is 44.4 Å². The van der Waals surface area contributed by atoms with Gasteiger partial charge in [0.25, 0.3) is 0 Å². The van der Waals surface area contributed by atoms with Gasteiger partial charge in [-0.2, -0.15) is 0 Å². The summed E-state index contributed by atoms with van der Waals surface area (Å²) in [4.78, 5) is 20.3. The van der Waals surface area contributed by atoms with Crippen molar-refractivity contribution in [3.63, 3.8) is 0 Å². The van der Waals surface area contributed by atoms with Gasteiger partial charge in [0.1, 0.15) is 17.0 Å². The van der Waals surface area contributed by atoms with E-state index in [4.69, 9.17) is 18.6 Å². The highest BCUT2D eigenvalue weighted by atomic mass is 19.1. The van der Waals surface area contributed by atoms with Crippen molar-refractivity contribution >= 4 is 22.5 Å². The molecule has 1 N–H and O–H groups in total. The van der Waals surface area contributed by atoms with E-state index in [9.17, 15) is 9.18 Å². The molecule has 0 spiro atoms. The Hall–Kier alpha value is -5.10. The van der Waals surface area contributed by atoms with E-state index in [-0.39, 0.29) is 34.9 Å². The summed E-state index contributed by atoms with van der Waals surface area (Å²) in [6, 6.07) is 15.1. The van der Waals surface area contributed by atoms with Crippen LogP contribution >= 0.6 is 0 Å². The monoisotopic (exact) mass is 669 g/mol. The van der Waals surface area contributed by atoms with Gasteiger partial charge in [-0.3, -0.25) is 9.78 Å². The molecule has 1 aliphatic carbocycles. The molecule has 7 rings (SSSR count). The molecule has 12 heteroatoms. The molecule has 254 valence electrons. The van der Waals surface area contributed by atoms with Crippen molar-refractivity contribution in [2.75, 3.05) is 38.7 Å². The Kier molecular flexibility index (Phi) is 9.13. The molecule has 1 saturated heterocycles. The van der Waals surface area contributed by atoms with Crippen LogP contribution in [0.1, 0.15) is 44.9 Å². The Bertz CT molecular complexity index is 1960. The van der Waals surface area contributed by atoms with Crippen molar-refractivity contribution in [1.82, 2.24) is 20.1 Å². The molecule has 1 amide bonds. The summed E-state index contributed by atoms with van der Waals surface area (Å²) in [6.45, 7) is 6.12. The van der Waals surface area contributed by atoms with Crippen LogP contribution in [-0.4, -0.2) is 59.3 Å². The number of fused-ring (bicyclic) bond motifs is 1. The Morgan fingerprint density at radius 3 is 2.51 bits per heavy atom. The molecule has 1 aliphatic heterocycles. The Labute approximate surface area is 282 Å². The summed E-state index contributed by atoms with van der Waals surface area (Å²) in [6.07, 6.45) is 5.97. The standard InChI is InChI=1S/C37H37F2N5O5/c1-23-11-17-44(18-12-23)16-3-19-47-33-22-29-27(21-32(33)46-2)30(10-15-40-29)48-31-9-8-26(20-28(31)39)41-35(45)37(13-14-37)36-43-42-34(49-36)24-4-6-25(38)7-5-24/h4-10,15,20-23H,3,11-14,16-19H2,1-2H3,(H,41,45). The van der Waals surface area contributed by atoms with Crippen LogP contribution in [0.4, 0.5) is 14.5 Å². The molecule has 10 nitrogen and oxygen atoms in total. The van der Waals surface area contributed by atoms with E-state index in [0.29, 0.717) is 53.2 Å². The molecule has 0 atom stereocenters. The highest BCUT2D eigenvalue weighted by Crippen LogP contribution is 2.49. The van der Waals surface area contributed by atoms with Gasteiger partial charge in [0.15, 0.2) is 23.1 Å². The summed E-state index contributed by atoms with van der Waals surface area (Å²) in [5, 5.41) is 11.5. The van der Waals surface area contributed by atoms with Crippen LogP contribution in [0.3, 0.4) is 0 Å². The fourth-order valence-electron chi connectivity index (χ4n) is 6.07. The molecule has 0 radical (unpaired) electrons. The number of nitrogens with zero attached hydrogens (tertiary/aromatic N) is 4. The number of methoxy groups -OCH3 is 1. The van der Waals surface area contributed by atoms with Gasteiger partial charge < -0.3 is 28.8 Å². The topological polar surface area (TPSA) is 112 Å². The zero-order chi connectivity index (χ0) is 34.0. The number of carbonyl (C=O) groups is 1. The maximum Gasteiger partial charge on any atom is 0.247 e. The van der Waals surface area contributed by atoms with Crippen LogP contribution in [0.15, 0.2) is 71.3 Å². The van der Waals surface area contributed by atoms with Gasteiger partial charge in [0, 0.05) is 41.5 Å². The normalized spacial score (nSPS) is 16.0. The summed E-state index contributed by atoms with van der Waals surface area (Å²) in [5.74, 6) is 1.16. The molecule has 5 aromatic rings. The van der Waals surface area contributed by atoms with Crippen molar-refractivity contribution in [1.29, 1.82) is 0 Å². The maximum atomic E-state index is 15.4. The molecular formula is C37H37F2N5O5. The third kappa shape index (κ3) is 7.05. The number of amides is 1. The molecule has 49 heavy (non-hydrogen) atoms. The van der Waals surface area contributed by atoms with Crippen LogP contribution < -0.4 is 19.5 Å². The maximum absolute atomic E-state index is 15.4. The number of carbonyl (C=O) groups excluding carboxylic acids is 1. The molecule has 0 bridgehead atoms. The van der Waals surface area contributed by atoms with Crippen molar-refractivity contribution in [3.05, 3.63) is 84.4 Å². The number of hydrogen-bond acceptors (Lipinski definition) is 9. The highest BCUT2D eigenvalue weighted by molar-refractivity contribution is 6.00. The molecule has 2 aliphatic rings. The number of halogens is 2. The predicted molar refractivity (Wildman–Crippen MR) is 179 cm³/mol. The van der Waals surface area contributed by atoms with Crippen LogP contribution in [0, 0.1) is 17.6 Å². The first-order valence-corrected chi connectivity index (χ1v) is 16.5. The first-order chi connectivity index (χ1) is 23.8. The first-order valence-electron chi connectivity index (χ1n) is 16.5. The number of anilines is 1. The minimum Gasteiger partial charge on any atom is -0.493 e. The third-order valence-electron chi connectivity index (χ3n) is 9.26. The second-order valence-corrected chi connectivity index (χ2v) is 12.8. The van der Waals surface area contributed by atoms with Crippen LogP contribution in [-0.2, 0) is 10.2 Å². The minimum atomic E-state index is -1.01. The van der Waals surface area contributed by atoms with Gasteiger partial charge in [0.05, 0.1) is 19.2 Å². The van der Waals surface area contributed by atoms with E-state index in [0.717, 1.165) is 32.0 Å². The van der Waals surface area contributed by atoms with Gasteiger partial charge in [-0.25, -0.2) is 8.78 Å².